The van der Waals surface area contributed by atoms with E-state index in [-0.39, 0.29) is 17.0 Å². The van der Waals surface area contributed by atoms with Crippen molar-refractivity contribution in [3.63, 3.8) is 0 Å². The van der Waals surface area contributed by atoms with Crippen LogP contribution >= 0.6 is 11.6 Å². The van der Waals surface area contributed by atoms with Crippen LogP contribution in [0.25, 0.3) is 0 Å². The fourth-order valence-corrected chi connectivity index (χ4v) is 4.64. The molecule has 0 unspecified atom stereocenters. The zero-order valence-electron chi connectivity index (χ0n) is 15.0. The van der Waals surface area contributed by atoms with Gasteiger partial charge < -0.3 is 9.64 Å². The molecule has 28 heavy (non-hydrogen) atoms. The highest BCUT2D eigenvalue weighted by Crippen LogP contribution is 2.36. The van der Waals surface area contributed by atoms with Crippen LogP contribution in [0.4, 0.5) is 13.2 Å². The van der Waals surface area contributed by atoms with E-state index >= 15 is 0 Å². The number of alkyl halides is 2. The number of benzene rings is 1. The Morgan fingerprint density at radius 1 is 1.43 bits per heavy atom. The molecule has 1 N–H and O–H groups in total. The number of hydrogen-bond donors (Lipinski definition) is 1. The van der Waals surface area contributed by atoms with Crippen molar-refractivity contribution in [1.29, 1.82) is 0 Å². The van der Waals surface area contributed by atoms with Gasteiger partial charge in [-0.2, -0.15) is 0 Å². The fourth-order valence-electron chi connectivity index (χ4n) is 3.66. The van der Waals surface area contributed by atoms with Crippen LogP contribution in [0, 0.1) is 5.82 Å². The molecule has 0 radical (unpaired) electrons. The van der Waals surface area contributed by atoms with Crippen molar-refractivity contribution in [2.24, 2.45) is 0 Å². The minimum Gasteiger partial charge on any atom is -0.368 e. The molecule has 1 aromatic carbocycles. The molecule has 2 aliphatic heterocycles. The van der Waals surface area contributed by atoms with E-state index in [2.05, 4.69) is 0 Å². The van der Waals surface area contributed by atoms with Crippen LogP contribution in [-0.4, -0.2) is 62.7 Å². The van der Waals surface area contributed by atoms with E-state index in [1.807, 2.05) is 4.72 Å². The third kappa shape index (κ3) is 4.45. The number of rotatable bonds is 5. The molecule has 0 saturated carbocycles. The quantitative estimate of drug-likeness (QED) is 0.759. The Morgan fingerprint density at radius 3 is 2.75 bits per heavy atom. The standard InChI is InChI=1S/C17H20ClF3N2O4S/c1-28(25,26)22-15-12(8-10-4-2-5-11(18)14(10)19)23(9-17(15,20)21)16(24)13-6-3-7-27-13/h2,4-5,12-13,15,22H,3,6-9H2,1H3/t12-,13+,15+/m0/s1. The van der Waals surface area contributed by atoms with Gasteiger partial charge in [-0.15, -0.1) is 0 Å². The number of nitrogens with zero attached hydrogens (tertiary/aromatic N) is 1. The monoisotopic (exact) mass is 440 g/mol. The molecule has 2 fully saturated rings. The smallest absolute Gasteiger partial charge is 0.283 e. The van der Waals surface area contributed by atoms with Crippen LogP contribution in [0.1, 0.15) is 18.4 Å². The molecule has 3 atom stereocenters. The normalized spacial score (nSPS) is 27.3. The maximum Gasteiger partial charge on any atom is 0.283 e. The van der Waals surface area contributed by atoms with Crippen LogP contribution < -0.4 is 4.72 Å². The number of nitrogens with one attached hydrogen (secondary N) is 1. The summed E-state index contributed by atoms with van der Waals surface area (Å²) in [6, 6.07) is 0.939. The summed E-state index contributed by atoms with van der Waals surface area (Å²) < 4.78 is 74.3. The first-order chi connectivity index (χ1) is 13.0. The molecular formula is C17H20ClF3N2O4S. The lowest BCUT2D eigenvalue weighted by molar-refractivity contribution is -0.143. The first-order valence-corrected chi connectivity index (χ1v) is 11.0. The van der Waals surface area contributed by atoms with Gasteiger partial charge in [0, 0.05) is 6.61 Å². The SMILES string of the molecule is CS(=O)(=O)N[C@@H]1[C@H](Cc2cccc(Cl)c2F)N(C(=O)[C@H]2CCCO2)CC1(F)F. The van der Waals surface area contributed by atoms with E-state index in [0.29, 0.717) is 19.4 Å². The molecule has 2 saturated heterocycles. The third-order valence-corrected chi connectivity index (χ3v) is 5.89. The molecule has 0 aromatic heterocycles. The summed E-state index contributed by atoms with van der Waals surface area (Å²) in [5, 5.41) is -0.188. The van der Waals surface area contributed by atoms with Crippen LogP contribution in [0.15, 0.2) is 18.2 Å². The summed E-state index contributed by atoms with van der Waals surface area (Å²) >= 11 is 5.77. The van der Waals surface area contributed by atoms with E-state index < -0.39 is 52.4 Å². The van der Waals surface area contributed by atoms with Crippen molar-refractivity contribution in [2.45, 2.75) is 43.4 Å². The van der Waals surface area contributed by atoms with Crippen LogP contribution in [0.2, 0.25) is 5.02 Å². The second-order valence-corrected chi connectivity index (χ2v) is 9.27. The van der Waals surface area contributed by atoms with E-state index in [0.717, 1.165) is 11.2 Å². The number of likely N-dealkylation sites (tertiary alicyclic amines) is 1. The van der Waals surface area contributed by atoms with Crippen molar-refractivity contribution in [1.82, 2.24) is 9.62 Å². The van der Waals surface area contributed by atoms with Gasteiger partial charge in [0.05, 0.1) is 23.9 Å². The van der Waals surface area contributed by atoms with Gasteiger partial charge in [0.2, 0.25) is 10.0 Å². The molecule has 6 nitrogen and oxygen atoms in total. The lowest BCUT2D eigenvalue weighted by Gasteiger charge is -2.29. The summed E-state index contributed by atoms with van der Waals surface area (Å²) in [7, 11) is -4.01. The molecule has 0 aliphatic carbocycles. The number of carbonyl (C=O) groups excluding carboxylic acids is 1. The van der Waals surface area contributed by atoms with Gasteiger partial charge in [-0.25, -0.2) is 26.3 Å². The Balaban J connectivity index is 1.97. The Morgan fingerprint density at radius 2 is 2.14 bits per heavy atom. The fraction of sp³-hybridized carbons (Fsp3) is 0.588. The molecule has 11 heteroatoms. The summed E-state index contributed by atoms with van der Waals surface area (Å²) in [6.07, 6.45) is 0.584. The first kappa shape index (κ1) is 21.4. The Bertz CT molecular complexity index is 862. The number of ether oxygens (including phenoxy) is 1. The van der Waals surface area contributed by atoms with Crippen molar-refractivity contribution in [2.75, 3.05) is 19.4 Å². The highest BCUT2D eigenvalue weighted by Gasteiger charge is 2.57. The molecule has 1 aromatic rings. The Labute approximate surface area is 166 Å². The highest BCUT2D eigenvalue weighted by atomic mass is 35.5. The Hall–Kier alpha value is -1.36. The number of halogens is 4. The number of sulfonamides is 1. The van der Waals surface area contributed by atoms with Crippen molar-refractivity contribution in [3.05, 3.63) is 34.6 Å². The summed E-state index contributed by atoms with van der Waals surface area (Å²) in [6.45, 7) is -0.634. The van der Waals surface area contributed by atoms with Gasteiger partial charge in [-0.05, 0) is 30.9 Å². The minimum absolute atomic E-state index is 0.0145. The molecule has 2 aliphatic rings. The Kier molecular flexibility index (Phi) is 5.96. The van der Waals surface area contributed by atoms with E-state index in [9.17, 15) is 26.4 Å². The van der Waals surface area contributed by atoms with Crippen LogP contribution in [-0.2, 0) is 26.0 Å². The van der Waals surface area contributed by atoms with Gasteiger partial charge in [-0.1, -0.05) is 23.7 Å². The van der Waals surface area contributed by atoms with Gasteiger partial charge in [0.25, 0.3) is 11.8 Å². The van der Waals surface area contributed by atoms with Crippen LogP contribution in [0.3, 0.4) is 0 Å². The lowest BCUT2D eigenvalue weighted by Crippen LogP contribution is -2.52. The molecule has 3 rings (SSSR count). The maximum absolute atomic E-state index is 14.7. The number of hydrogen-bond acceptors (Lipinski definition) is 4. The van der Waals surface area contributed by atoms with Crippen LogP contribution in [0.5, 0.6) is 0 Å². The van der Waals surface area contributed by atoms with E-state index in [1.54, 1.807) is 0 Å². The zero-order valence-corrected chi connectivity index (χ0v) is 16.6. The molecule has 2 heterocycles. The predicted molar refractivity (Wildman–Crippen MR) is 96.3 cm³/mol. The number of amides is 1. The van der Waals surface area contributed by atoms with E-state index in [4.69, 9.17) is 16.3 Å². The molecule has 0 spiro atoms. The van der Waals surface area contributed by atoms with Gasteiger partial charge in [0.15, 0.2) is 0 Å². The average molecular weight is 441 g/mol. The predicted octanol–water partition coefficient (Wildman–Crippen LogP) is 1.96. The molecule has 156 valence electrons. The average Bonchev–Trinajstić information content (AvgIpc) is 3.19. The number of carbonyl (C=O) groups is 1. The maximum atomic E-state index is 14.7. The summed E-state index contributed by atoms with van der Waals surface area (Å²) in [5.74, 6) is -4.97. The minimum atomic E-state index is -4.01. The largest absolute Gasteiger partial charge is 0.368 e. The van der Waals surface area contributed by atoms with Crippen molar-refractivity contribution >= 4 is 27.5 Å². The molecule has 0 bridgehead atoms. The third-order valence-electron chi connectivity index (χ3n) is 4.91. The molecular weight excluding hydrogens is 421 g/mol. The van der Waals surface area contributed by atoms with Crippen molar-refractivity contribution in [3.8, 4) is 0 Å². The van der Waals surface area contributed by atoms with Crippen molar-refractivity contribution < 1.29 is 31.1 Å². The summed E-state index contributed by atoms with van der Waals surface area (Å²) in [5.41, 5.74) is 0.0145. The van der Waals surface area contributed by atoms with Gasteiger partial charge in [0.1, 0.15) is 18.0 Å². The molecule has 1 amide bonds. The van der Waals surface area contributed by atoms with E-state index in [1.165, 1.54) is 18.2 Å². The highest BCUT2D eigenvalue weighted by molar-refractivity contribution is 7.88. The zero-order chi connectivity index (χ0) is 20.7. The summed E-state index contributed by atoms with van der Waals surface area (Å²) in [4.78, 5) is 13.7. The second-order valence-electron chi connectivity index (χ2n) is 7.08. The first-order valence-electron chi connectivity index (χ1n) is 8.70. The topological polar surface area (TPSA) is 75.7 Å². The van der Waals surface area contributed by atoms with Gasteiger partial charge in [-0.3, -0.25) is 4.79 Å². The lowest BCUT2D eigenvalue weighted by atomic mass is 9.98. The second kappa shape index (κ2) is 7.81. The van der Waals surface area contributed by atoms with Gasteiger partial charge >= 0.3 is 0 Å².